The molecule has 0 spiro atoms. The first-order valence-electron chi connectivity index (χ1n) is 14.8. The molecule has 4 aromatic rings. The number of piperidine rings is 1. The van der Waals surface area contributed by atoms with Gasteiger partial charge in [-0.1, -0.05) is 23.7 Å². The molecule has 0 aliphatic carbocycles. The lowest BCUT2D eigenvalue weighted by molar-refractivity contribution is -0.0712. The number of benzene rings is 3. The number of halogens is 2. The van der Waals surface area contributed by atoms with Crippen molar-refractivity contribution >= 4 is 28.6 Å². The number of aromatic nitrogens is 2. The third-order valence-electron chi connectivity index (χ3n) is 8.97. The van der Waals surface area contributed by atoms with Crippen molar-refractivity contribution in [3.8, 4) is 17.2 Å². The molecule has 0 amide bonds. The van der Waals surface area contributed by atoms with E-state index in [0.29, 0.717) is 46.4 Å². The Morgan fingerprint density at radius 1 is 1.16 bits per heavy atom. The zero-order valence-electron chi connectivity index (χ0n) is 24.5. The zero-order chi connectivity index (χ0) is 30.6. The Labute approximate surface area is 259 Å². The number of rotatable bonds is 8. The summed E-state index contributed by atoms with van der Waals surface area (Å²) in [5.41, 5.74) is 2.90. The van der Waals surface area contributed by atoms with Gasteiger partial charge in [0.25, 0.3) is 5.79 Å². The number of methoxy groups -OCH3 is 1. The smallest absolute Gasteiger partial charge is 0.335 e. The molecule has 3 aliphatic heterocycles. The highest BCUT2D eigenvalue weighted by atomic mass is 35.5. The molecule has 2 atom stereocenters. The Bertz CT molecular complexity index is 1750. The van der Waals surface area contributed by atoms with Crippen LogP contribution in [-0.4, -0.2) is 58.4 Å². The quantitative estimate of drug-likeness (QED) is 0.243. The number of carboxylic acids is 1. The van der Waals surface area contributed by atoms with Crippen molar-refractivity contribution in [2.75, 3.05) is 26.8 Å². The molecule has 0 bridgehead atoms. The molecule has 7 rings (SSSR count). The van der Waals surface area contributed by atoms with Crippen LogP contribution in [0.1, 0.15) is 59.4 Å². The normalized spacial score (nSPS) is 21.9. The van der Waals surface area contributed by atoms with Gasteiger partial charge in [-0.2, -0.15) is 0 Å². The summed E-state index contributed by atoms with van der Waals surface area (Å²) in [5.74, 6) is 0.0128. The van der Waals surface area contributed by atoms with Gasteiger partial charge in [0.05, 0.1) is 42.9 Å². The van der Waals surface area contributed by atoms with E-state index < -0.39 is 17.6 Å². The van der Waals surface area contributed by atoms with E-state index in [-0.39, 0.29) is 17.6 Å². The molecule has 2 saturated heterocycles. The summed E-state index contributed by atoms with van der Waals surface area (Å²) in [6.07, 6.45) is 2.82. The number of para-hydroxylation sites is 1. The van der Waals surface area contributed by atoms with Crippen molar-refractivity contribution in [2.24, 2.45) is 0 Å². The van der Waals surface area contributed by atoms with Crippen LogP contribution in [0.15, 0.2) is 48.5 Å². The van der Waals surface area contributed by atoms with Crippen molar-refractivity contribution in [2.45, 2.75) is 57.1 Å². The molecule has 4 heterocycles. The first-order chi connectivity index (χ1) is 21.2. The summed E-state index contributed by atoms with van der Waals surface area (Å²) in [4.78, 5) is 19.1. The first-order valence-corrected chi connectivity index (χ1v) is 15.2. The monoisotopic (exact) mass is 621 g/mol. The average Bonchev–Trinajstić information content (AvgIpc) is 3.51. The number of fused-ring (bicyclic) bond motifs is 2. The predicted octanol–water partition coefficient (Wildman–Crippen LogP) is 6.35. The van der Waals surface area contributed by atoms with Crippen LogP contribution < -0.4 is 14.2 Å². The van der Waals surface area contributed by atoms with Crippen LogP contribution in [0.25, 0.3) is 11.0 Å². The van der Waals surface area contributed by atoms with Gasteiger partial charge in [0, 0.05) is 24.1 Å². The predicted molar refractivity (Wildman–Crippen MR) is 161 cm³/mol. The minimum absolute atomic E-state index is 0.0748. The molecular weight excluding hydrogens is 589 g/mol. The van der Waals surface area contributed by atoms with Gasteiger partial charge in [0.2, 0.25) is 0 Å². The van der Waals surface area contributed by atoms with E-state index in [1.165, 1.54) is 19.2 Å². The van der Waals surface area contributed by atoms with E-state index in [0.717, 1.165) is 55.9 Å². The molecule has 0 radical (unpaired) electrons. The minimum Gasteiger partial charge on any atom is -0.494 e. The Morgan fingerprint density at radius 3 is 2.64 bits per heavy atom. The molecule has 1 aromatic heterocycles. The average molecular weight is 622 g/mol. The third kappa shape index (κ3) is 5.14. The number of hydrogen-bond donors (Lipinski definition) is 1. The fourth-order valence-electron chi connectivity index (χ4n) is 6.51. The summed E-state index contributed by atoms with van der Waals surface area (Å²) in [5, 5.41) is 10.0. The van der Waals surface area contributed by atoms with Gasteiger partial charge in [-0.05, 0) is 74.7 Å². The second kappa shape index (κ2) is 11.3. The molecule has 2 fully saturated rings. The zero-order valence-corrected chi connectivity index (χ0v) is 25.3. The first kappa shape index (κ1) is 28.9. The second-order valence-corrected chi connectivity index (χ2v) is 12.2. The van der Waals surface area contributed by atoms with Crippen molar-refractivity contribution in [1.82, 2.24) is 14.5 Å². The number of ether oxygens (including phenoxy) is 4. The summed E-state index contributed by atoms with van der Waals surface area (Å²) in [6, 6.07) is 13.6. The van der Waals surface area contributed by atoms with Crippen molar-refractivity contribution < 1.29 is 33.2 Å². The summed E-state index contributed by atoms with van der Waals surface area (Å²) >= 11 is 5.98. The van der Waals surface area contributed by atoms with Crippen LogP contribution in [0.3, 0.4) is 0 Å². The highest BCUT2D eigenvalue weighted by molar-refractivity contribution is 6.30. The van der Waals surface area contributed by atoms with Crippen LogP contribution in [0, 0.1) is 5.82 Å². The Kier molecular flexibility index (Phi) is 7.39. The number of carbonyl (C=O) groups is 1. The molecule has 230 valence electrons. The fourth-order valence-corrected chi connectivity index (χ4v) is 6.67. The molecule has 11 heteroatoms. The van der Waals surface area contributed by atoms with Crippen LogP contribution in [0.2, 0.25) is 5.02 Å². The lowest BCUT2D eigenvalue weighted by atomic mass is 9.88. The number of hydrogen-bond acceptors (Lipinski definition) is 7. The van der Waals surface area contributed by atoms with E-state index in [2.05, 4.69) is 15.5 Å². The fraction of sp³-hybridized carbons (Fsp3) is 0.394. The van der Waals surface area contributed by atoms with Gasteiger partial charge < -0.3 is 28.6 Å². The van der Waals surface area contributed by atoms with E-state index in [1.54, 1.807) is 25.1 Å². The molecule has 0 saturated carbocycles. The van der Waals surface area contributed by atoms with Gasteiger partial charge in [0.1, 0.15) is 22.9 Å². The van der Waals surface area contributed by atoms with Gasteiger partial charge >= 0.3 is 5.97 Å². The topological polar surface area (TPSA) is 95.3 Å². The van der Waals surface area contributed by atoms with Crippen LogP contribution in [-0.2, 0) is 23.6 Å². The summed E-state index contributed by atoms with van der Waals surface area (Å²) < 4.78 is 40.7. The van der Waals surface area contributed by atoms with Crippen molar-refractivity contribution in [3.05, 3.63) is 81.9 Å². The van der Waals surface area contributed by atoms with Crippen LogP contribution >= 0.6 is 11.6 Å². The van der Waals surface area contributed by atoms with Gasteiger partial charge in [0.15, 0.2) is 11.5 Å². The summed E-state index contributed by atoms with van der Waals surface area (Å²) in [6.45, 7) is 5.34. The molecule has 3 aliphatic rings. The maximum atomic E-state index is 14.8. The molecule has 44 heavy (non-hydrogen) atoms. The summed E-state index contributed by atoms with van der Waals surface area (Å²) in [7, 11) is 1.53. The van der Waals surface area contributed by atoms with Gasteiger partial charge in [-0.15, -0.1) is 0 Å². The molecular formula is C33H33ClFN3O6. The molecule has 9 nitrogen and oxygen atoms in total. The number of carboxylic acid groups (broad SMARTS) is 1. The highest BCUT2D eigenvalue weighted by Crippen LogP contribution is 2.50. The van der Waals surface area contributed by atoms with E-state index in [1.807, 2.05) is 12.1 Å². The molecule has 3 aromatic carbocycles. The highest BCUT2D eigenvalue weighted by Gasteiger charge is 2.43. The van der Waals surface area contributed by atoms with Gasteiger partial charge in [-0.3, -0.25) is 4.90 Å². The van der Waals surface area contributed by atoms with E-state index in [9.17, 15) is 14.3 Å². The van der Waals surface area contributed by atoms with Crippen LogP contribution in [0.4, 0.5) is 4.39 Å². The van der Waals surface area contributed by atoms with E-state index in [4.69, 9.17) is 35.5 Å². The maximum absolute atomic E-state index is 14.8. The molecule has 1 N–H and O–H groups in total. The number of aromatic carboxylic acids is 1. The van der Waals surface area contributed by atoms with Crippen molar-refractivity contribution in [1.29, 1.82) is 0 Å². The number of nitrogens with zero attached hydrogens (tertiary/aromatic N) is 3. The van der Waals surface area contributed by atoms with E-state index >= 15 is 0 Å². The number of likely N-dealkylation sites (tertiary alicyclic amines) is 1. The Morgan fingerprint density at radius 2 is 1.95 bits per heavy atom. The lowest BCUT2D eigenvalue weighted by Gasteiger charge is -2.33. The Balaban J connectivity index is 1.10. The third-order valence-corrected chi connectivity index (χ3v) is 9.20. The Hall–Kier alpha value is -3.86. The van der Waals surface area contributed by atoms with Crippen molar-refractivity contribution in [3.63, 3.8) is 0 Å². The maximum Gasteiger partial charge on any atom is 0.335 e. The molecule has 2 unspecified atom stereocenters. The SMILES string of the molecule is COc1cc(C(=O)O)cc2c1nc(CN1CCC(c3cccc4c3OC(C)(c3ccc(Cl)cc3F)O4)CC1)n2CC1CCO1. The largest absolute Gasteiger partial charge is 0.494 e. The standard InChI is InChI=1S/C33H33ClFN3O6/c1-33(24-7-6-21(34)16-25(24)35)43-27-5-3-4-23(31(27)44-33)19-8-11-37(12-9-19)18-29-36-30-26(38(29)17-22-10-13-42-22)14-20(32(39)40)15-28(30)41-2/h3-7,14-16,19,22H,8-13,17-18H2,1-2H3,(H,39,40). The second-order valence-electron chi connectivity index (χ2n) is 11.8. The van der Waals surface area contributed by atoms with Gasteiger partial charge in [-0.25, -0.2) is 14.2 Å². The lowest BCUT2D eigenvalue weighted by Crippen LogP contribution is -2.35. The van der Waals surface area contributed by atoms with Crippen LogP contribution in [0.5, 0.6) is 17.2 Å². The minimum atomic E-state index is -1.29. The number of imidazole rings is 1.